The summed E-state index contributed by atoms with van der Waals surface area (Å²) in [7, 11) is 1.35. The van der Waals surface area contributed by atoms with Crippen molar-refractivity contribution in [3.63, 3.8) is 0 Å². The molecule has 1 heterocycles. The van der Waals surface area contributed by atoms with E-state index < -0.39 is 48.6 Å². The second-order valence-corrected chi connectivity index (χ2v) is 5.45. The minimum atomic E-state index is -1.10. The summed E-state index contributed by atoms with van der Waals surface area (Å²) < 4.78 is 26.7. The molecule has 1 aliphatic rings. The molecule has 1 aliphatic heterocycles. The molecule has 1 saturated heterocycles. The SMILES string of the molecule is CO[C@H]1O[C@H](CCN=C=S)[C@H](OC(C)=O)[C@H](OC(C)=O)[C@H]1OC(C)=O. The van der Waals surface area contributed by atoms with Crippen LogP contribution in [-0.4, -0.2) is 67.4 Å². The standard InChI is InChI=1S/C15H21NO8S/c1-8(17)21-12-11(5-6-16-7-25)24-15(20-4)14(23-10(3)19)13(12)22-9(2)18/h11-15H,5-6H2,1-4H3/t11-,12+,13+,14-,15+/m1/s1. The fraction of sp³-hybridized carbons (Fsp3) is 0.733. The van der Waals surface area contributed by atoms with Gasteiger partial charge in [0.2, 0.25) is 0 Å². The lowest BCUT2D eigenvalue weighted by Gasteiger charge is -2.43. The molecule has 0 amide bonds. The largest absolute Gasteiger partial charge is 0.456 e. The third-order valence-corrected chi connectivity index (χ3v) is 3.45. The second-order valence-electron chi connectivity index (χ2n) is 5.26. The summed E-state index contributed by atoms with van der Waals surface area (Å²) >= 11 is 4.52. The van der Waals surface area contributed by atoms with Crippen LogP contribution in [0.2, 0.25) is 0 Å². The number of hydrogen-bond acceptors (Lipinski definition) is 10. The lowest BCUT2D eigenvalue weighted by Crippen LogP contribution is -2.61. The number of methoxy groups -OCH3 is 1. The number of hydrogen-bond donors (Lipinski definition) is 0. The van der Waals surface area contributed by atoms with E-state index in [9.17, 15) is 14.4 Å². The van der Waals surface area contributed by atoms with Crippen molar-refractivity contribution < 1.29 is 38.1 Å². The fourth-order valence-electron chi connectivity index (χ4n) is 2.51. The minimum absolute atomic E-state index is 0.257. The molecular weight excluding hydrogens is 354 g/mol. The maximum atomic E-state index is 11.5. The highest BCUT2D eigenvalue weighted by Gasteiger charge is 2.51. The van der Waals surface area contributed by atoms with Crippen molar-refractivity contribution in [3.8, 4) is 0 Å². The normalized spacial score (nSPS) is 28.4. The molecule has 1 rings (SSSR count). The Hall–Kier alpha value is -1.87. The molecule has 0 aromatic rings. The van der Waals surface area contributed by atoms with Crippen LogP contribution in [-0.2, 0) is 38.1 Å². The summed E-state index contributed by atoms with van der Waals surface area (Å²) in [5.41, 5.74) is 0. The first-order valence-corrected chi connectivity index (χ1v) is 7.94. The number of nitrogens with zero attached hydrogens (tertiary/aromatic N) is 1. The van der Waals surface area contributed by atoms with Crippen molar-refractivity contribution in [3.05, 3.63) is 0 Å². The number of ether oxygens (including phenoxy) is 5. The molecule has 10 heteroatoms. The summed E-state index contributed by atoms with van der Waals surface area (Å²) in [5, 5.41) is 2.23. The molecule has 0 N–H and O–H groups in total. The van der Waals surface area contributed by atoms with Crippen LogP contribution < -0.4 is 0 Å². The van der Waals surface area contributed by atoms with Gasteiger partial charge in [-0.15, -0.1) is 0 Å². The van der Waals surface area contributed by atoms with E-state index in [2.05, 4.69) is 22.4 Å². The van der Waals surface area contributed by atoms with E-state index in [0.717, 1.165) is 0 Å². The number of isothiocyanates is 1. The summed E-state index contributed by atoms with van der Waals surface area (Å²) in [6.07, 6.45) is -4.62. The van der Waals surface area contributed by atoms with E-state index in [0.29, 0.717) is 6.42 Å². The number of thiocarbonyl (C=S) groups is 1. The average Bonchev–Trinajstić information content (AvgIpc) is 2.51. The average molecular weight is 375 g/mol. The van der Waals surface area contributed by atoms with Gasteiger partial charge in [-0.2, -0.15) is 0 Å². The van der Waals surface area contributed by atoms with E-state index in [1.807, 2.05) is 0 Å². The highest BCUT2D eigenvalue weighted by Crippen LogP contribution is 2.30. The van der Waals surface area contributed by atoms with Crippen LogP contribution in [0.4, 0.5) is 0 Å². The van der Waals surface area contributed by atoms with Crippen LogP contribution in [0.25, 0.3) is 0 Å². The van der Waals surface area contributed by atoms with Crippen LogP contribution in [0.5, 0.6) is 0 Å². The van der Waals surface area contributed by atoms with Crippen molar-refractivity contribution in [2.24, 2.45) is 4.99 Å². The van der Waals surface area contributed by atoms with E-state index >= 15 is 0 Å². The van der Waals surface area contributed by atoms with E-state index in [-0.39, 0.29) is 6.54 Å². The maximum absolute atomic E-state index is 11.5. The molecule has 140 valence electrons. The minimum Gasteiger partial charge on any atom is -0.456 e. The van der Waals surface area contributed by atoms with E-state index in [4.69, 9.17) is 23.7 Å². The van der Waals surface area contributed by atoms with Gasteiger partial charge in [0.25, 0.3) is 0 Å². The Balaban J connectivity index is 3.18. The molecule has 0 radical (unpaired) electrons. The molecule has 0 saturated carbocycles. The Bertz CT molecular complexity index is 548. The van der Waals surface area contributed by atoms with Gasteiger partial charge in [0.15, 0.2) is 24.6 Å². The highest BCUT2D eigenvalue weighted by molar-refractivity contribution is 7.78. The Morgan fingerprint density at radius 3 is 2.00 bits per heavy atom. The Morgan fingerprint density at radius 1 is 1.00 bits per heavy atom. The van der Waals surface area contributed by atoms with Gasteiger partial charge < -0.3 is 23.7 Å². The van der Waals surface area contributed by atoms with Crippen LogP contribution in [0.3, 0.4) is 0 Å². The smallest absolute Gasteiger partial charge is 0.303 e. The maximum Gasteiger partial charge on any atom is 0.303 e. The summed E-state index contributed by atoms with van der Waals surface area (Å²) in [4.78, 5) is 38.2. The molecule has 0 unspecified atom stereocenters. The number of rotatable bonds is 7. The van der Waals surface area contributed by atoms with Crippen LogP contribution >= 0.6 is 12.2 Å². The fourth-order valence-corrected chi connectivity index (χ4v) is 2.61. The highest BCUT2D eigenvalue weighted by atomic mass is 32.1. The first-order chi connectivity index (χ1) is 11.8. The molecule has 5 atom stereocenters. The molecule has 0 aromatic carbocycles. The molecule has 25 heavy (non-hydrogen) atoms. The predicted octanol–water partition coefficient (Wildman–Crippen LogP) is 0.646. The lowest BCUT2D eigenvalue weighted by molar-refractivity contribution is -0.298. The molecule has 0 bridgehead atoms. The molecule has 0 aromatic heterocycles. The third kappa shape index (κ3) is 6.50. The monoisotopic (exact) mass is 375 g/mol. The van der Waals surface area contributed by atoms with Crippen molar-refractivity contribution in [2.75, 3.05) is 13.7 Å². The van der Waals surface area contributed by atoms with Gasteiger partial charge in [-0.3, -0.25) is 14.4 Å². The van der Waals surface area contributed by atoms with Crippen molar-refractivity contribution >= 4 is 35.3 Å². The molecule has 9 nitrogen and oxygen atoms in total. The quantitative estimate of drug-likeness (QED) is 0.274. The Morgan fingerprint density at radius 2 is 1.52 bits per heavy atom. The summed E-state index contributed by atoms with van der Waals surface area (Å²) in [6, 6.07) is 0. The number of carbonyl (C=O) groups is 3. The topological polar surface area (TPSA) is 110 Å². The zero-order chi connectivity index (χ0) is 19.0. The van der Waals surface area contributed by atoms with Gasteiger partial charge >= 0.3 is 17.9 Å². The molecule has 0 aliphatic carbocycles. The lowest BCUT2D eigenvalue weighted by atomic mass is 9.96. The molecular formula is C15H21NO8S. The summed E-state index contributed by atoms with van der Waals surface area (Å²) in [6.45, 7) is 3.85. The van der Waals surface area contributed by atoms with Gasteiger partial charge in [-0.1, -0.05) is 0 Å². The zero-order valence-electron chi connectivity index (χ0n) is 14.4. The van der Waals surface area contributed by atoms with Gasteiger partial charge in [0.1, 0.15) is 6.10 Å². The van der Waals surface area contributed by atoms with Crippen LogP contribution in [0.15, 0.2) is 4.99 Å². The summed E-state index contributed by atoms with van der Waals surface area (Å²) in [5.74, 6) is -1.86. The zero-order valence-corrected chi connectivity index (χ0v) is 15.2. The third-order valence-electron chi connectivity index (χ3n) is 3.32. The van der Waals surface area contributed by atoms with Crippen LogP contribution in [0.1, 0.15) is 27.2 Å². The van der Waals surface area contributed by atoms with Gasteiger partial charge in [0.05, 0.1) is 11.7 Å². The number of carbonyl (C=O) groups excluding carboxylic acids is 3. The van der Waals surface area contributed by atoms with Crippen molar-refractivity contribution in [2.45, 2.75) is 57.9 Å². The number of esters is 3. The Kier molecular flexibility index (Phi) is 8.64. The van der Waals surface area contributed by atoms with Gasteiger partial charge in [-0.25, -0.2) is 4.99 Å². The van der Waals surface area contributed by atoms with Crippen molar-refractivity contribution in [1.29, 1.82) is 0 Å². The molecule has 1 fully saturated rings. The second kappa shape index (κ2) is 10.2. The Labute approximate surface area is 150 Å². The first kappa shape index (κ1) is 21.2. The first-order valence-electron chi connectivity index (χ1n) is 7.53. The van der Waals surface area contributed by atoms with Gasteiger partial charge in [-0.05, 0) is 18.6 Å². The molecule has 0 spiro atoms. The number of aliphatic imine (C=N–C) groups is 1. The van der Waals surface area contributed by atoms with Crippen LogP contribution in [0, 0.1) is 0 Å². The van der Waals surface area contributed by atoms with Gasteiger partial charge in [0, 0.05) is 27.9 Å². The van der Waals surface area contributed by atoms with E-state index in [1.54, 1.807) is 0 Å². The van der Waals surface area contributed by atoms with Crippen molar-refractivity contribution in [1.82, 2.24) is 0 Å². The van der Waals surface area contributed by atoms with E-state index in [1.165, 1.54) is 27.9 Å². The predicted molar refractivity (Wildman–Crippen MR) is 86.8 cm³/mol.